The largest absolute Gasteiger partial charge is 0.374 e. The number of nitrogens with one attached hydrogen (secondary N) is 1. The monoisotopic (exact) mass is 519 g/mol. The molecule has 3 aromatic rings. The zero-order valence-electron chi connectivity index (χ0n) is 22.0. The molecule has 202 valence electrons. The molecule has 0 bridgehead atoms. The van der Waals surface area contributed by atoms with Gasteiger partial charge in [0.1, 0.15) is 24.4 Å². The molecule has 0 saturated carbocycles. The molecule has 0 radical (unpaired) electrons. The van der Waals surface area contributed by atoms with Crippen LogP contribution in [-0.4, -0.2) is 49.8 Å². The van der Waals surface area contributed by atoms with Crippen molar-refractivity contribution < 1.29 is 28.5 Å². The third-order valence-electron chi connectivity index (χ3n) is 6.31. The van der Waals surface area contributed by atoms with Gasteiger partial charge in [-0.15, -0.1) is 0 Å². The Bertz CT molecular complexity index is 1080. The van der Waals surface area contributed by atoms with Crippen LogP contribution >= 0.6 is 0 Å². The standard InChI is InChI=1S/C31H37NO6/c1-3-35-31-28(32-23(2)33)30(37-21-26-17-11-6-12-18-26)29(36-20-25-15-9-5-10-16-25)27(38-31)22-34-19-24-13-7-4-8-14-24/h4-18,27-31H,3,19-22H2,1-2H3,(H,32,33)/t27-,28-,29-,30-,31?/m1/s1. The molecule has 1 aliphatic heterocycles. The molecule has 1 aliphatic rings. The first-order valence-electron chi connectivity index (χ1n) is 13.1. The van der Waals surface area contributed by atoms with E-state index < -0.39 is 30.6 Å². The van der Waals surface area contributed by atoms with Crippen LogP contribution in [0.1, 0.15) is 30.5 Å². The van der Waals surface area contributed by atoms with E-state index in [1.165, 1.54) is 6.92 Å². The van der Waals surface area contributed by atoms with Crippen molar-refractivity contribution in [2.45, 2.75) is 64.3 Å². The summed E-state index contributed by atoms with van der Waals surface area (Å²) >= 11 is 0. The second kappa shape index (κ2) is 14.8. The molecule has 5 atom stereocenters. The van der Waals surface area contributed by atoms with E-state index in [0.717, 1.165) is 16.7 Å². The number of rotatable bonds is 13. The minimum absolute atomic E-state index is 0.197. The molecule has 1 N–H and O–H groups in total. The Kier molecular flexibility index (Phi) is 10.9. The van der Waals surface area contributed by atoms with E-state index in [9.17, 15) is 4.79 Å². The van der Waals surface area contributed by atoms with Crippen LogP contribution in [0.15, 0.2) is 91.0 Å². The van der Waals surface area contributed by atoms with Crippen molar-refractivity contribution in [3.63, 3.8) is 0 Å². The van der Waals surface area contributed by atoms with E-state index >= 15 is 0 Å². The number of ether oxygens (including phenoxy) is 5. The first-order chi connectivity index (χ1) is 18.6. The van der Waals surface area contributed by atoms with E-state index in [1.807, 2.05) is 97.9 Å². The SMILES string of the molecule is CCOC1O[C@H](COCc2ccccc2)[C@@H](OCc2ccccc2)[C@H](OCc2ccccc2)[C@H]1NC(C)=O. The molecular formula is C31H37NO6. The lowest BCUT2D eigenvalue weighted by Crippen LogP contribution is -2.66. The topological polar surface area (TPSA) is 75.2 Å². The maximum Gasteiger partial charge on any atom is 0.217 e. The first kappa shape index (κ1) is 28.0. The van der Waals surface area contributed by atoms with Crippen LogP contribution in [0.4, 0.5) is 0 Å². The smallest absolute Gasteiger partial charge is 0.217 e. The summed E-state index contributed by atoms with van der Waals surface area (Å²) in [5.41, 5.74) is 3.12. The van der Waals surface area contributed by atoms with E-state index in [1.54, 1.807) is 0 Å². The highest BCUT2D eigenvalue weighted by molar-refractivity contribution is 5.73. The lowest BCUT2D eigenvalue weighted by Gasteiger charge is -2.46. The average Bonchev–Trinajstić information content (AvgIpc) is 2.94. The maximum atomic E-state index is 12.2. The Hall–Kier alpha value is -3.07. The van der Waals surface area contributed by atoms with Crippen molar-refractivity contribution in [1.82, 2.24) is 5.32 Å². The summed E-state index contributed by atoms with van der Waals surface area (Å²) in [6.07, 6.45) is -2.27. The van der Waals surface area contributed by atoms with Crippen molar-refractivity contribution in [3.8, 4) is 0 Å². The number of amides is 1. The molecule has 7 nitrogen and oxygen atoms in total. The van der Waals surface area contributed by atoms with Gasteiger partial charge in [0.2, 0.25) is 5.91 Å². The minimum Gasteiger partial charge on any atom is -0.374 e. The van der Waals surface area contributed by atoms with Gasteiger partial charge in [0, 0.05) is 13.5 Å². The summed E-state index contributed by atoms with van der Waals surface area (Å²) in [7, 11) is 0. The maximum absolute atomic E-state index is 12.2. The quantitative estimate of drug-likeness (QED) is 0.355. The Morgan fingerprint density at radius 2 is 1.24 bits per heavy atom. The van der Waals surface area contributed by atoms with Crippen molar-refractivity contribution in [2.24, 2.45) is 0 Å². The van der Waals surface area contributed by atoms with Gasteiger partial charge in [-0.25, -0.2) is 0 Å². The van der Waals surface area contributed by atoms with Crippen molar-refractivity contribution in [1.29, 1.82) is 0 Å². The minimum atomic E-state index is -0.716. The lowest BCUT2D eigenvalue weighted by atomic mass is 9.95. The van der Waals surface area contributed by atoms with Gasteiger partial charge in [0.25, 0.3) is 0 Å². The number of benzene rings is 3. The Morgan fingerprint density at radius 3 is 1.74 bits per heavy atom. The predicted octanol–water partition coefficient (Wildman–Crippen LogP) is 4.64. The van der Waals surface area contributed by atoms with Crippen LogP contribution < -0.4 is 5.32 Å². The summed E-state index contributed by atoms with van der Waals surface area (Å²) in [6.45, 7) is 5.22. The summed E-state index contributed by atoms with van der Waals surface area (Å²) < 4.78 is 31.4. The van der Waals surface area contributed by atoms with E-state index in [-0.39, 0.29) is 12.5 Å². The van der Waals surface area contributed by atoms with Crippen molar-refractivity contribution in [3.05, 3.63) is 108 Å². The van der Waals surface area contributed by atoms with Gasteiger partial charge in [0.05, 0.1) is 26.4 Å². The van der Waals surface area contributed by atoms with Crippen molar-refractivity contribution in [2.75, 3.05) is 13.2 Å². The molecule has 0 spiro atoms. The number of carbonyl (C=O) groups is 1. The first-order valence-corrected chi connectivity index (χ1v) is 13.1. The summed E-state index contributed by atoms with van der Waals surface area (Å²) in [5.74, 6) is -0.197. The zero-order chi connectivity index (χ0) is 26.6. The van der Waals surface area contributed by atoms with Crippen LogP contribution in [-0.2, 0) is 48.3 Å². The van der Waals surface area contributed by atoms with Gasteiger partial charge in [-0.3, -0.25) is 4.79 Å². The molecule has 1 amide bonds. The third kappa shape index (κ3) is 8.21. The van der Waals surface area contributed by atoms with Gasteiger partial charge < -0.3 is 29.0 Å². The van der Waals surface area contributed by atoms with Gasteiger partial charge >= 0.3 is 0 Å². The summed E-state index contributed by atoms with van der Waals surface area (Å²) in [5, 5.41) is 3.00. The summed E-state index contributed by atoms with van der Waals surface area (Å²) in [4.78, 5) is 12.2. The molecule has 1 saturated heterocycles. The highest BCUT2D eigenvalue weighted by Crippen LogP contribution is 2.29. The molecule has 0 aliphatic carbocycles. The lowest BCUT2D eigenvalue weighted by molar-refractivity contribution is -0.289. The third-order valence-corrected chi connectivity index (χ3v) is 6.31. The Labute approximate surface area is 225 Å². The average molecular weight is 520 g/mol. The number of hydrogen-bond acceptors (Lipinski definition) is 6. The van der Waals surface area contributed by atoms with Crippen LogP contribution in [0.3, 0.4) is 0 Å². The molecule has 4 rings (SSSR count). The highest BCUT2D eigenvalue weighted by atomic mass is 16.7. The Morgan fingerprint density at radius 1 is 0.737 bits per heavy atom. The molecule has 3 aromatic carbocycles. The molecule has 1 fully saturated rings. The molecule has 38 heavy (non-hydrogen) atoms. The highest BCUT2D eigenvalue weighted by Gasteiger charge is 2.48. The van der Waals surface area contributed by atoms with Crippen LogP contribution in [0.5, 0.6) is 0 Å². The van der Waals surface area contributed by atoms with Crippen molar-refractivity contribution >= 4 is 5.91 Å². The predicted molar refractivity (Wildman–Crippen MR) is 144 cm³/mol. The van der Waals surface area contributed by atoms with E-state index in [2.05, 4.69) is 5.32 Å². The fraction of sp³-hybridized carbons (Fsp3) is 0.387. The van der Waals surface area contributed by atoms with Gasteiger partial charge in [-0.1, -0.05) is 91.0 Å². The van der Waals surface area contributed by atoms with E-state index in [4.69, 9.17) is 23.7 Å². The van der Waals surface area contributed by atoms with Crippen LogP contribution in [0.2, 0.25) is 0 Å². The molecule has 7 heteroatoms. The number of carbonyl (C=O) groups excluding carboxylic acids is 1. The Balaban J connectivity index is 1.58. The molecular weight excluding hydrogens is 482 g/mol. The van der Waals surface area contributed by atoms with Gasteiger partial charge in [-0.2, -0.15) is 0 Å². The van der Waals surface area contributed by atoms with Gasteiger partial charge in [0.15, 0.2) is 6.29 Å². The second-order valence-electron chi connectivity index (χ2n) is 9.25. The van der Waals surface area contributed by atoms with Gasteiger partial charge in [-0.05, 0) is 23.6 Å². The van der Waals surface area contributed by atoms with Crippen LogP contribution in [0, 0.1) is 0 Å². The second-order valence-corrected chi connectivity index (χ2v) is 9.25. The fourth-order valence-electron chi connectivity index (χ4n) is 4.53. The molecule has 1 unspecified atom stereocenters. The van der Waals surface area contributed by atoms with E-state index in [0.29, 0.717) is 26.4 Å². The summed E-state index contributed by atoms with van der Waals surface area (Å²) in [6, 6.07) is 29.3. The molecule has 0 aromatic heterocycles. The van der Waals surface area contributed by atoms with Crippen LogP contribution in [0.25, 0.3) is 0 Å². The fourth-order valence-corrected chi connectivity index (χ4v) is 4.53. The number of hydrogen-bond donors (Lipinski definition) is 1. The normalized spacial score (nSPS) is 23.2. The molecule has 1 heterocycles. The zero-order valence-corrected chi connectivity index (χ0v) is 22.0.